The van der Waals surface area contributed by atoms with Crippen LogP contribution in [0, 0.1) is 10.8 Å². The van der Waals surface area contributed by atoms with Gasteiger partial charge in [-0.3, -0.25) is 0 Å². The summed E-state index contributed by atoms with van der Waals surface area (Å²) in [4.78, 5) is 0. The van der Waals surface area contributed by atoms with Gasteiger partial charge in [0.15, 0.2) is 0 Å². The monoisotopic (exact) mass is 260 g/mol. The van der Waals surface area contributed by atoms with Crippen molar-refractivity contribution < 1.29 is 4.74 Å². The van der Waals surface area contributed by atoms with Crippen LogP contribution in [-0.4, -0.2) is 12.2 Å². The van der Waals surface area contributed by atoms with E-state index in [1.54, 1.807) is 22.3 Å². The number of rotatable bonds is 0. The lowest BCUT2D eigenvalue weighted by Crippen LogP contribution is -2.43. The van der Waals surface area contributed by atoms with Crippen LogP contribution in [-0.2, 0) is 4.74 Å². The number of fused-ring (bicyclic) bond motifs is 2. The maximum atomic E-state index is 6.09. The summed E-state index contributed by atoms with van der Waals surface area (Å²) in [5, 5.41) is 0. The van der Waals surface area contributed by atoms with E-state index in [-0.39, 0.29) is 11.0 Å². The quantitative estimate of drug-likeness (QED) is 0.593. The van der Waals surface area contributed by atoms with Crippen LogP contribution in [0.25, 0.3) is 0 Å². The highest BCUT2D eigenvalue weighted by atomic mass is 16.5. The highest BCUT2D eigenvalue weighted by molar-refractivity contribution is 5.58. The Balaban J connectivity index is 2.12. The van der Waals surface area contributed by atoms with Gasteiger partial charge in [-0.1, -0.05) is 52.7 Å². The van der Waals surface area contributed by atoms with Gasteiger partial charge in [-0.15, -0.1) is 0 Å². The third kappa shape index (κ3) is 1.85. The van der Waals surface area contributed by atoms with Gasteiger partial charge in [0.25, 0.3) is 0 Å². The van der Waals surface area contributed by atoms with E-state index in [2.05, 4.69) is 41.5 Å². The molecule has 1 spiro atoms. The second-order valence-corrected chi connectivity index (χ2v) is 8.58. The van der Waals surface area contributed by atoms with Gasteiger partial charge in [-0.2, -0.15) is 0 Å². The van der Waals surface area contributed by atoms with Crippen molar-refractivity contribution in [2.24, 2.45) is 10.8 Å². The van der Waals surface area contributed by atoms with Gasteiger partial charge in [0.05, 0.1) is 12.2 Å². The van der Waals surface area contributed by atoms with Gasteiger partial charge in [0.1, 0.15) is 0 Å². The molecular weight excluding hydrogens is 232 g/mol. The van der Waals surface area contributed by atoms with Crippen LogP contribution in [0.3, 0.4) is 0 Å². The molecule has 2 aliphatic carbocycles. The average molecular weight is 260 g/mol. The Kier molecular flexibility index (Phi) is 2.65. The van der Waals surface area contributed by atoms with Crippen molar-refractivity contribution in [3.8, 4) is 0 Å². The molecule has 0 radical (unpaired) electrons. The second-order valence-electron chi connectivity index (χ2n) is 8.58. The Morgan fingerprint density at radius 2 is 1.47 bits per heavy atom. The first-order valence-corrected chi connectivity index (χ1v) is 7.76. The maximum absolute atomic E-state index is 6.09. The van der Waals surface area contributed by atoms with Crippen LogP contribution in [0.1, 0.15) is 67.2 Å². The third-order valence-corrected chi connectivity index (χ3v) is 5.25. The van der Waals surface area contributed by atoms with Crippen molar-refractivity contribution in [1.82, 2.24) is 0 Å². The Morgan fingerprint density at radius 1 is 0.895 bits per heavy atom. The van der Waals surface area contributed by atoms with Crippen molar-refractivity contribution in [3.05, 3.63) is 22.3 Å². The molecule has 1 unspecified atom stereocenters. The Hall–Kier alpha value is -0.560. The first-order valence-electron chi connectivity index (χ1n) is 7.76. The van der Waals surface area contributed by atoms with E-state index in [9.17, 15) is 0 Å². The molecule has 1 aliphatic heterocycles. The zero-order valence-corrected chi connectivity index (χ0v) is 13.4. The molecule has 1 nitrogen and oxygen atoms in total. The summed E-state index contributed by atoms with van der Waals surface area (Å²) in [6, 6.07) is 0. The van der Waals surface area contributed by atoms with Gasteiger partial charge in [-0.25, -0.2) is 0 Å². The van der Waals surface area contributed by atoms with E-state index in [1.165, 1.54) is 25.7 Å². The molecule has 0 amide bonds. The first-order chi connectivity index (χ1) is 8.65. The molecule has 2 fully saturated rings. The first kappa shape index (κ1) is 13.4. The fraction of sp³-hybridized carbons (Fsp3) is 0.778. The minimum Gasteiger partial charge on any atom is -0.370 e. The smallest absolute Gasteiger partial charge is 0.0958 e. The second kappa shape index (κ2) is 3.75. The summed E-state index contributed by atoms with van der Waals surface area (Å²) in [7, 11) is 0. The highest BCUT2D eigenvalue weighted by Crippen LogP contribution is 2.60. The molecule has 106 valence electrons. The molecular formula is C18H28O. The molecule has 1 heterocycles. The SMILES string of the molecule is CC(C)(C)C1=C2CCC3(CCO3)C2=C(C(C)(C)C)C1. The molecule has 0 aromatic rings. The molecule has 1 saturated carbocycles. The topological polar surface area (TPSA) is 9.23 Å². The van der Waals surface area contributed by atoms with E-state index in [0.717, 1.165) is 6.61 Å². The molecule has 0 aromatic carbocycles. The molecule has 3 aliphatic rings. The normalized spacial score (nSPS) is 31.3. The number of allylic oxidation sites excluding steroid dienone is 2. The van der Waals surface area contributed by atoms with Crippen LogP contribution >= 0.6 is 0 Å². The Bertz CT molecular complexity index is 473. The minimum absolute atomic E-state index is 0.116. The van der Waals surface area contributed by atoms with Crippen molar-refractivity contribution in [2.45, 2.75) is 72.8 Å². The fourth-order valence-corrected chi connectivity index (χ4v) is 4.08. The maximum Gasteiger partial charge on any atom is 0.0958 e. The van der Waals surface area contributed by atoms with E-state index < -0.39 is 0 Å². The predicted molar refractivity (Wildman–Crippen MR) is 80.1 cm³/mol. The molecule has 1 heteroatoms. The lowest BCUT2D eigenvalue weighted by molar-refractivity contribution is -0.115. The number of hydrogen-bond acceptors (Lipinski definition) is 1. The molecule has 0 N–H and O–H groups in total. The minimum atomic E-state index is 0.116. The van der Waals surface area contributed by atoms with Gasteiger partial charge in [-0.05, 0) is 41.2 Å². The van der Waals surface area contributed by atoms with Crippen LogP contribution in [0.2, 0.25) is 0 Å². The van der Waals surface area contributed by atoms with E-state index in [4.69, 9.17) is 4.74 Å². The largest absolute Gasteiger partial charge is 0.370 e. The summed E-state index contributed by atoms with van der Waals surface area (Å²) in [5.41, 5.74) is 7.30. The average Bonchev–Trinajstić information content (AvgIpc) is 2.66. The van der Waals surface area contributed by atoms with E-state index in [1.807, 2.05) is 0 Å². The van der Waals surface area contributed by atoms with Gasteiger partial charge in [0.2, 0.25) is 0 Å². The van der Waals surface area contributed by atoms with E-state index in [0.29, 0.717) is 5.41 Å². The van der Waals surface area contributed by atoms with Crippen molar-refractivity contribution in [1.29, 1.82) is 0 Å². The summed E-state index contributed by atoms with van der Waals surface area (Å²) in [5.74, 6) is 0. The summed E-state index contributed by atoms with van der Waals surface area (Å²) >= 11 is 0. The lowest BCUT2D eigenvalue weighted by Gasteiger charge is -2.42. The summed E-state index contributed by atoms with van der Waals surface area (Å²) in [6.45, 7) is 15.1. The lowest BCUT2D eigenvalue weighted by atomic mass is 9.76. The van der Waals surface area contributed by atoms with Gasteiger partial charge in [0, 0.05) is 6.42 Å². The van der Waals surface area contributed by atoms with E-state index >= 15 is 0 Å². The fourth-order valence-electron chi connectivity index (χ4n) is 4.08. The molecule has 19 heavy (non-hydrogen) atoms. The highest BCUT2D eigenvalue weighted by Gasteiger charge is 2.53. The zero-order valence-electron chi connectivity index (χ0n) is 13.4. The van der Waals surface area contributed by atoms with Crippen molar-refractivity contribution in [3.63, 3.8) is 0 Å². The van der Waals surface area contributed by atoms with Crippen LogP contribution in [0.15, 0.2) is 22.3 Å². The molecule has 0 aromatic heterocycles. The molecule has 1 saturated heterocycles. The van der Waals surface area contributed by atoms with Gasteiger partial charge >= 0.3 is 0 Å². The van der Waals surface area contributed by atoms with Crippen LogP contribution in [0.4, 0.5) is 0 Å². The summed E-state index contributed by atoms with van der Waals surface area (Å²) in [6.07, 6.45) is 4.88. The predicted octanol–water partition coefficient (Wildman–Crippen LogP) is 5.03. The molecule has 3 rings (SSSR count). The zero-order chi connectivity index (χ0) is 14.1. The molecule has 0 bridgehead atoms. The standard InChI is InChI=1S/C18H28O/c1-16(2,3)13-11-14(17(4,5)6)15-12(13)7-8-18(15)9-10-19-18/h7-11H2,1-6H3. The van der Waals surface area contributed by atoms with Crippen molar-refractivity contribution in [2.75, 3.05) is 6.61 Å². The number of hydrogen-bond donors (Lipinski definition) is 0. The third-order valence-electron chi connectivity index (χ3n) is 5.25. The Labute approximate surface area is 118 Å². The van der Waals surface area contributed by atoms with Crippen molar-refractivity contribution >= 4 is 0 Å². The summed E-state index contributed by atoms with van der Waals surface area (Å²) < 4.78 is 6.09. The Morgan fingerprint density at radius 3 is 1.89 bits per heavy atom. The molecule has 1 atom stereocenters. The number of ether oxygens (including phenoxy) is 1. The van der Waals surface area contributed by atoms with Gasteiger partial charge < -0.3 is 4.74 Å². The van der Waals surface area contributed by atoms with Crippen LogP contribution < -0.4 is 0 Å². The van der Waals surface area contributed by atoms with Crippen LogP contribution in [0.5, 0.6) is 0 Å².